The molecule has 1 fully saturated rings. The van der Waals surface area contributed by atoms with Crippen LogP contribution in [0, 0.1) is 0 Å². The Morgan fingerprint density at radius 3 is 2.92 bits per heavy atom. The fraction of sp³-hybridized carbons (Fsp3) is 0.700. The maximum absolute atomic E-state index is 5.62. The highest BCUT2D eigenvalue weighted by atomic mass is 15.3. The lowest BCUT2D eigenvalue weighted by Crippen LogP contribution is -2.18. The summed E-state index contributed by atoms with van der Waals surface area (Å²) in [7, 11) is 0. The molecule has 0 spiro atoms. The van der Waals surface area contributed by atoms with Crippen LogP contribution in [0.1, 0.15) is 31.9 Å². The van der Waals surface area contributed by atoms with Gasteiger partial charge in [-0.1, -0.05) is 0 Å². The molecule has 3 heteroatoms. The zero-order valence-corrected chi connectivity index (χ0v) is 8.16. The molecule has 1 heterocycles. The fourth-order valence-corrected chi connectivity index (χ4v) is 2.10. The van der Waals surface area contributed by atoms with Gasteiger partial charge < -0.3 is 5.73 Å². The minimum Gasteiger partial charge on any atom is -0.330 e. The van der Waals surface area contributed by atoms with E-state index in [-0.39, 0.29) is 0 Å². The smallest absolute Gasteiger partial charge is 0.0492 e. The van der Waals surface area contributed by atoms with Gasteiger partial charge in [-0.2, -0.15) is 5.10 Å². The van der Waals surface area contributed by atoms with E-state index in [1.807, 2.05) is 6.20 Å². The van der Waals surface area contributed by atoms with E-state index in [4.69, 9.17) is 5.73 Å². The summed E-state index contributed by atoms with van der Waals surface area (Å²) in [6.45, 7) is 3.89. The third kappa shape index (κ3) is 1.37. The first kappa shape index (κ1) is 8.75. The number of nitrogens with zero attached hydrogens (tertiary/aromatic N) is 2. The number of rotatable bonds is 4. The van der Waals surface area contributed by atoms with Crippen LogP contribution in [0.25, 0.3) is 0 Å². The second-order valence-corrected chi connectivity index (χ2v) is 3.85. The minimum absolute atomic E-state index is 0.390. The second kappa shape index (κ2) is 3.14. The largest absolute Gasteiger partial charge is 0.330 e. The van der Waals surface area contributed by atoms with Crippen LogP contribution in [-0.4, -0.2) is 16.3 Å². The quantitative estimate of drug-likeness (QED) is 0.756. The standard InChI is InChI=1S/C10H17N3/c1-2-13-9(3-8-12-13)10(4-5-10)6-7-11/h3,8H,2,4-7,11H2,1H3. The summed E-state index contributed by atoms with van der Waals surface area (Å²) in [5, 5.41) is 4.30. The minimum atomic E-state index is 0.390. The average molecular weight is 179 g/mol. The Balaban J connectivity index is 2.24. The van der Waals surface area contributed by atoms with Gasteiger partial charge in [-0.15, -0.1) is 0 Å². The van der Waals surface area contributed by atoms with Crippen LogP contribution >= 0.6 is 0 Å². The number of aryl methyl sites for hydroxylation is 1. The zero-order valence-electron chi connectivity index (χ0n) is 8.16. The molecule has 0 unspecified atom stereocenters. The Morgan fingerprint density at radius 1 is 1.62 bits per heavy atom. The highest BCUT2D eigenvalue weighted by molar-refractivity contribution is 5.24. The molecule has 0 bridgehead atoms. The first-order valence-corrected chi connectivity index (χ1v) is 5.05. The number of hydrogen-bond acceptors (Lipinski definition) is 2. The summed E-state index contributed by atoms with van der Waals surface area (Å²) in [5.74, 6) is 0. The Morgan fingerprint density at radius 2 is 2.38 bits per heavy atom. The maximum atomic E-state index is 5.62. The molecule has 0 radical (unpaired) electrons. The Labute approximate surface area is 78.9 Å². The normalized spacial score (nSPS) is 18.9. The van der Waals surface area contributed by atoms with Gasteiger partial charge in [0.1, 0.15) is 0 Å². The summed E-state index contributed by atoms with van der Waals surface area (Å²) in [5.41, 5.74) is 7.40. The molecule has 2 N–H and O–H groups in total. The third-order valence-electron chi connectivity index (χ3n) is 3.04. The molecule has 0 atom stereocenters. The van der Waals surface area contributed by atoms with Crippen molar-refractivity contribution in [3.8, 4) is 0 Å². The van der Waals surface area contributed by atoms with Gasteiger partial charge in [-0.25, -0.2) is 0 Å². The van der Waals surface area contributed by atoms with Crippen molar-refractivity contribution in [3.05, 3.63) is 18.0 Å². The summed E-state index contributed by atoms with van der Waals surface area (Å²) >= 11 is 0. The predicted molar refractivity (Wildman–Crippen MR) is 52.5 cm³/mol. The zero-order chi connectivity index (χ0) is 9.31. The van der Waals surface area contributed by atoms with Crippen LogP contribution in [0.4, 0.5) is 0 Å². The van der Waals surface area contributed by atoms with E-state index in [1.54, 1.807) is 0 Å². The van der Waals surface area contributed by atoms with Gasteiger partial charge >= 0.3 is 0 Å². The van der Waals surface area contributed by atoms with Crippen molar-refractivity contribution in [3.63, 3.8) is 0 Å². The molecule has 1 aromatic rings. The van der Waals surface area contributed by atoms with Crippen LogP contribution in [0.15, 0.2) is 12.3 Å². The summed E-state index contributed by atoms with van der Waals surface area (Å²) in [4.78, 5) is 0. The van der Waals surface area contributed by atoms with Gasteiger partial charge in [0.05, 0.1) is 0 Å². The van der Waals surface area contributed by atoms with Gasteiger partial charge in [0.2, 0.25) is 0 Å². The first-order chi connectivity index (χ1) is 6.32. The highest BCUT2D eigenvalue weighted by Crippen LogP contribution is 2.50. The summed E-state index contributed by atoms with van der Waals surface area (Å²) in [6, 6.07) is 2.14. The van der Waals surface area contributed by atoms with E-state index < -0.39 is 0 Å². The number of hydrogen-bond donors (Lipinski definition) is 1. The van der Waals surface area contributed by atoms with Crippen LogP contribution in [0.2, 0.25) is 0 Å². The van der Waals surface area contributed by atoms with E-state index >= 15 is 0 Å². The molecule has 1 aliphatic rings. The van der Waals surface area contributed by atoms with Crippen LogP contribution in [0.5, 0.6) is 0 Å². The van der Waals surface area contributed by atoms with Gasteiger partial charge in [0, 0.05) is 23.9 Å². The molecule has 2 rings (SSSR count). The molecule has 0 aromatic carbocycles. The van der Waals surface area contributed by atoms with Gasteiger partial charge in [0.15, 0.2) is 0 Å². The first-order valence-electron chi connectivity index (χ1n) is 5.05. The Hall–Kier alpha value is -0.830. The van der Waals surface area contributed by atoms with Crippen LogP contribution in [0.3, 0.4) is 0 Å². The van der Waals surface area contributed by atoms with E-state index in [2.05, 4.69) is 22.8 Å². The second-order valence-electron chi connectivity index (χ2n) is 3.85. The van der Waals surface area contributed by atoms with Crippen molar-refractivity contribution >= 4 is 0 Å². The van der Waals surface area contributed by atoms with E-state index in [9.17, 15) is 0 Å². The number of nitrogens with two attached hydrogens (primary N) is 1. The van der Waals surface area contributed by atoms with Gasteiger partial charge in [-0.3, -0.25) is 4.68 Å². The van der Waals surface area contributed by atoms with Crippen molar-refractivity contribution < 1.29 is 0 Å². The third-order valence-corrected chi connectivity index (χ3v) is 3.04. The van der Waals surface area contributed by atoms with Crippen LogP contribution < -0.4 is 5.73 Å². The van der Waals surface area contributed by atoms with Gasteiger partial charge in [0.25, 0.3) is 0 Å². The summed E-state index contributed by atoms with van der Waals surface area (Å²) in [6.07, 6.45) is 5.58. The molecule has 1 aliphatic carbocycles. The molecule has 1 aromatic heterocycles. The van der Waals surface area contributed by atoms with E-state index in [0.717, 1.165) is 19.5 Å². The number of aromatic nitrogens is 2. The Kier molecular flexibility index (Phi) is 2.12. The fourth-order valence-electron chi connectivity index (χ4n) is 2.10. The maximum Gasteiger partial charge on any atom is 0.0492 e. The molecule has 0 amide bonds. The lowest BCUT2D eigenvalue weighted by molar-refractivity contribution is 0.530. The molecule has 72 valence electrons. The van der Waals surface area contributed by atoms with Crippen LogP contribution in [-0.2, 0) is 12.0 Å². The molecule has 1 saturated carbocycles. The van der Waals surface area contributed by atoms with Crippen molar-refractivity contribution in [1.29, 1.82) is 0 Å². The molecule has 0 aliphatic heterocycles. The lowest BCUT2D eigenvalue weighted by Gasteiger charge is -2.15. The molecular weight excluding hydrogens is 162 g/mol. The topological polar surface area (TPSA) is 43.8 Å². The monoisotopic (exact) mass is 179 g/mol. The van der Waals surface area contributed by atoms with Gasteiger partial charge in [-0.05, 0) is 38.8 Å². The predicted octanol–water partition coefficient (Wildman–Crippen LogP) is 1.28. The molecule has 3 nitrogen and oxygen atoms in total. The SMILES string of the molecule is CCn1nccc1C1(CCN)CC1. The van der Waals surface area contributed by atoms with Crippen molar-refractivity contribution in [2.75, 3.05) is 6.54 Å². The lowest BCUT2D eigenvalue weighted by atomic mass is 9.98. The molecule has 0 saturated heterocycles. The molecular formula is C10H17N3. The molecule has 13 heavy (non-hydrogen) atoms. The van der Waals surface area contributed by atoms with Crippen molar-refractivity contribution in [2.24, 2.45) is 5.73 Å². The van der Waals surface area contributed by atoms with E-state index in [1.165, 1.54) is 18.5 Å². The van der Waals surface area contributed by atoms with Crippen molar-refractivity contribution in [2.45, 2.75) is 38.1 Å². The summed E-state index contributed by atoms with van der Waals surface area (Å²) < 4.78 is 2.10. The highest BCUT2D eigenvalue weighted by Gasteiger charge is 2.45. The van der Waals surface area contributed by atoms with Crippen molar-refractivity contribution in [1.82, 2.24) is 9.78 Å². The van der Waals surface area contributed by atoms with E-state index in [0.29, 0.717) is 5.41 Å². The Bertz CT molecular complexity index is 286. The average Bonchev–Trinajstić information content (AvgIpc) is 2.77.